The lowest BCUT2D eigenvalue weighted by atomic mass is 9.86. The van der Waals surface area contributed by atoms with Crippen LogP contribution in [0, 0.1) is 11.7 Å². The molecular formula is C16H21FN2O2. The van der Waals surface area contributed by atoms with E-state index in [0.29, 0.717) is 12.1 Å². The van der Waals surface area contributed by atoms with Gasteiger partial charge in [-0.25, -0.2) is 4.39 Å². The summed E-state index contributed by atoms with van der Waals surface area (Å²) in [6.07, 6.45) is 9.20. The van der Waals surface area contributed by atoms with Gasteiger partial charge in [-0.15, -0.1) is 0 Å². The molecule has 1 heterocycles. The van der Waals surface area contributed by atoms with Gasteiger partial charge in [0.05, 0.1) is 12.3 Å². The van der Waals surface area contributed by atoms with Gasteiger partial charge in [-0.05, 0) is 30.5 Å². The molecule has 1 aliphatic rings. The Kier molecular flexibility index (Phi) is 5.44. The zero-order chi connectivity index (χ0) is 15.2. The van der Waals surface area contributed by atoms with E-state index < -0.39 is 5.82 Å². The van der Waals surface area contributed by atoms with E-state index in [0.717, 1.165) is 31.9 Å². The fourth-order valence-electron chi connectivity index (χ4n) is 2.66. The maximum atomic E-state index is 13.0. The lowest BCUT2D eigenvalue weighted by Crippen LogP contribution is -2.37. The molecule has 2 unspecified atom stereocenters. The highest BCUT2D eigenvalue weighted by atomic mass is 19.1. The number of amides is 1. The van der Waals surface area contributed by atoms with Crippen LogP contribution in [0.25, 0.3) is 6.08 Å². The fraction of sp³-hybridized carbons (Fsp3) is 0.500. The highest BCUT2D eigenvalue weighted by Crippen LogP contribution is 2.24. The molecule has 1 aromatic heterocycles. The summed E-state index contributed by atoms with van der Waals surface area (Å²) in [4.78, 5) is 17.4. The fourth-order valence-corrected chi connectivity index (χ4v) is 2.66. The molecule has 1 aliphatic carbocycles. The lowest BCUT2D eigenvalue weighted by Gasteiger charge is -2.30. The summed E-state index contributed by atoms with van der Waals surface area (Å²) in [6.45, 7) is 0.547. The topological polar surface area (TPSA) is 53.4 Å². The van der Waals surface area contributed by atoms with E-state index >= 15 is 0 Å². The van der Waals surface area contributed by atoms with E-state index in [-0.39, 0.29) is 17.9 Å². The Bertz CT molecular complexity index is 519. The van der Waals surface area contributed by atoms with Crippen molar-refractivity contribution < 1.29 is 14.3 Å². The molecule has 0 radical (unpaired) electrons. The molecule has 5 heteroatoms. The van der Waals surface area contributed by atoms with Crippen LogP contribution in [0.4, 0.5) is 4.39 Å². The van der Waals surface area contributed by atoms with Gasteiger partial charge in [0.15, 0.2) is 0 Å². The van der Waals surface area contributed by atoms with Crippen molar-refractivity contribution in [3.8, 4) is 0 Å². The number of halogens is 1. The van der Waals surface area contributed by atoms with Crippen LogP contribution < -0.4 is 0 Å². The first kappa shape index (κ1) is 15.6. The minimum atomic E-state index is -0.428. The molecule has 4 nitrogen and oxygen atoms in total. The summed E-state index contributed by atoms with van der Waals surface area (Å²) in [5.74, 6) is -0.433. The number of rotatable bonds is 4. The van der Waals surface area contributed by atoms with E-state index in [1.807, 2.05) is 0 Å². The van der Waals surface area contributed by atoms with Crippen LogP contribution in [0.1, 0.15) is 31.2 Å². The van der Waals surface area contributed by atoms with Crippen LogP contribution in [0.15, 0.2) is 24.5 Å². The molecule has 2 rings (SSSR count). The standard InChI is InChI=1S/C16H21FN2O2/c1-19(11-13-4-2-3-5-15(13)20)16(21)7-6-12-8-14(17)10-18-9-12/h6-10,13,15,20H,2-5,11H2,1H3/b7-6+. The number of pyridine rings is 1. The lowest BCUT2D eigenvalue weighted by molar-refractivity contribution is -0.126. The smallest absolute Gasteiger partial charge is 0.246 e. The number of nitrogens with zero attached hydrogens (tertiary/aromatic N) is 2. The molecule has 0 aromatic carbocycles. The van der Waals surface area contributed by atoms with Gasteiger partial charge in [0.2, 0.25) is 5.91 Å². The summed E-state index contributed by atoms with van der Waals surface area (Å²) >= 11 is 0. The Labute approximate surface area is 124 Å². The molecule has 0 spiro atoms. The van der Waals surface area contributed by atoms with Crippen LogP contribution in [0.2, 0.25) is 0 Å². The highest BCUT2D eigenvalue weighted by Gasteiger charge is 2.24. The average Bonchev–Trinajstić information content (AvgIpc) is 2.47. The molecular weight excluding hydrogens is 271 g/mol. The summed E-state index contributed by atoms with van der Waals surface area (Å²) in [7, 11) is 1.72. The van der Waals surface area contributed by atoms with E-state index in [9.17, 15) is 14.3 Å². The average molecular weight is 292 g/mol. The van der Waals surface area contributed by atoms with Crippen molar-refractivity contribution in [3.63, 3.8) is 0 Å². The molecule has 1 N–H and O–H groups in total. The summed E-state index contributed by atoms with van der Waals surface area (Å²) in [6, 6.07) is 1.32. The Morgan fingerprint density at radius 2 is 2.24 bits per heavy atom. The largest absolute Gasteiger partial charge is 0.393 e. The van der Waals surface area contributed by atoms with E-state index in [2.05, 4.69) is 4.98 Å². The zero-order valence-electron chi connectivity index (χ0n) is 12.2. The van der Waals surface area contributed by atoms with Crippen LogP contribution in [0.3, 0.4) is 0 Å². The Hall–Kier alpha value is -1.75. The second-order valence-corrected chi connectivity index (χ2v) is 5.60. The second kappa shape index (κ2) is 7.31. The monoisotopic (exact) mass is 292 g/mol. The number of carbonyl (C=O) groups excluding carboxylic acids is 1. The molecule has 21 heavy (non-hydrogen) atoms. The quantitative estimate of drug-likeness (QED) is 0.866. The first-order valence-electron chi connectivity index (χ1n) is 7.28. The molecule has 1 saturated carbocycles. The van der Waals surface area contributed by atoms with Gasteiger partial charge in [0.1, 0.15) is 5.82 Å². The number of aliphatic hydroxyl groups is 1. The van der Waals surface area contributed by atoms with Gasteiger partial charge in [-0.1, -0.05) is 12.8 Å². The van der Waals surface area contributed by atoms with Crippen LogP contribution in [-0.2, 0) is 4.79 Å². The van der Waals surface area contributed by atoms with Crippen molar-refractivity contribution in [1.29, 1.82) is 0 Å². The highest BCUT2D eigenvalue weighted by molar-refractivity contribution is 5.91. The Morgan fingerprint density at radius 1 is 1.48 bits per heavy atom. The minimum Gasteiger partial charge on any atom is -0.393 e. The normalized spacial score (nSPS) is 22.4. The SMILES string of the molecule is CN(CC1CCCCC1O)C(=O)/C=C/c1cncc(F)c1. The van der Waals surface area contributed by atoms with E-state index in [4.69, 9.17) is 0 Å². The van der Waals surface area contributed by atoms with Crippen molar-refractivity contribution in [2.24, 2.45) is 5.92 Å². The first-order valence-corrected chi connectivity index (χ1v) is 7.28. The Balaban J connectivity index is 1.90. The first-order chi connectivity index (χ1) is 10.1. The maximum absolute atomic E-state index is 13.0. The Morgan fingerprint density at radius 3 is 2.95 bits per heavy atom. The minimum absolute atomic E-state index is 0.150. The number of aromatic nitrogens is 1. The summed E-state index contributed by atoms with van der Waals surface area (Å²) in [5.41, 5.74) is 0.550. The third-order valence-corrected chi connectivity index (χ3v) is 3.90. The van der Waals surface area contributed by atoms with Crippen molar-refractivity contribution in [1.82, 2.24) is 9.88 Å². The van der Waals surface area contributed by atoms with E-state index in [1.165, 1.54) is 18.3 Å². The number of likely N-dealkylation sites (N-methyl/N-ethyl adjacent to an activating group) is 1. The van der Waals surface area contributed by atoms with Gasteiger partial charge in [-0.3, -0.25) is 9.78 Å². The van der Waals surface area contributed by atoms with Crippen LogP contribution in [0.5, 0.6) is 0 Å². The van der Waals surface area contributed by atoms with Crippen molar-refractivity contribution >= 4 is 12.0 Å². The van der Waals surface area contributed by atoms with Crippen molar-refractivity contribution in [3.05, 3.63) is 35.9 Å². The number of carbonyl (C=O) groups is 1. The van der Waals surface area contributed by atoms with Gasteiger partial charge in [-0.2, -0.15) is 0 Å². The number of hydrogen-bond donors (Lipinski definition) is 1. The maximum Gasteiger partial charge on any atom is 0.246 e. The number of aliphatic hydroxyl groups excluding tert-OH is 1. The summed E-state index contributed by atoms with van der Waals surface area (Å²) in [5, 5.41) is 9.93. The molecule has 1 amide bonds. The molecule has 0 bridgehead atoms. The van der Waals surface area contributed by atoms with E-state index in [1.54, 1.807) is 18.0 Å². The molecule has 1 fully saturated rings. The van der Waals surface area contributed by atoms with Crippen LogP contribution >= 0.6 is 0 Å². The second-order valence-electron chi connectivity index (χ2n) is 5.60. The third kappa shape index (κ3) is 4.63. The van der Waals surface area contributed by atoms with Gasteiger partial charge in [0, 0.05) is 31.8 Å². The van der Waals surface area contributed by atoms with Gasteiger partial charge >= 0.3 is 0 Å². The zero-order valence-corrected chi connectivity index (χ0v) is 12.2. The predicted octanol–water partition coefficient (Wildman–Crippen LogP) is 2.24. The molecule has 114 valence electrons. The van der Waals surface area contributed by atoms with Crippen LogP contribution in [-0.4, -0.2) is 40.6 Å². The van der Waals surface area contributed by atoms with Gasteiger partial charge < -0.3 is 10.0 Å². The molecule has 2 atom stereocenters. The molecule has 0 aliphatic heterocycles. The summed E-state index contributed by atoms with van der Waals surface area (Å²) < 4.78 is 13.0. The number of hydrogen-bond acceptors (Lipinski definition) is 3. The van der Waals surface area contributed by atoms with Crippen molar-refractivity contribution in [2.75, 3.05) is 13.6 Å². The van der Waals surface area contributed by atoms with Crippen molar-refractivity contribution in [2.45, 2.75) is 31.8 Å². The predicted molar refractivity (Wildman–Crippen MR) is 78.8 cm³/mol. The molecule has 0 saturated heterocycles. The molecule has 1 aromatic rings. The third-order valence-electron chi connectivity index (χ3n) is 3.90. The van der Waals surface area contributed by atoms with Gasteiger partial charge in [0.25, 0.3) is 0 Å².